The summed E-state index contributed by atoms with van der Waals surface area (Å²) in [6, 6.07) is 0. The van der Waals surface area contributed by atoms with Gasteiger partial charge in [0.05, 0.1) is 19.8 Å². The fourth-order valence-corrected chi connectivity index (χ4v) is 1.48. The van der Waals surface area contributed by atoms with E-state index in [1.54, 1.807) is 0 Å². The second-order valence-electron chi connectivity index (χ2n) is 3.03. The minimum absolute atomic E-state index is 0.198. The molecule has 0 aromatic carbocycles. The van der Waals surface area contributed by atoms with Gasteiger partial charge in [-0.15, -0.1) is 0 Å². The summed E-state index contributed by atoms with van der Waals surface area (Å²) in [4.78, 5) is 2.32. The van der Waals surface area contributed by atoms with Gasteiger partial charge in [0.15, 0.2) is 0 Å². The predicted molar refractivity (Wildman–Crippen MR) is 48.1 cm³/mol. The first kappa shape index (κ1) is 9.96. The van der Waals surface area contributed by atoms with Gasteiger partial charge in [0.25, 0.3) is 0 Å². The highest BCUT2D eigenvalue weighted by atomic mass is 16.6. The molecule has 1 heterocycles. The highest BCUT2D eigenvalue weighted by Gasteiger charge is 2.19. The smallest absolute Gasteiger partial charge is 0.134 e. The lowest BCUT2D eigenvalue weighted by molar-refractivity contribution is -0.152. The third-order valence-electron chi connectivity index (χ3n) is 2.12. The molecule has 3 nitrogen and oxygen atoms in total. The van der Waals surface area contributed by atoms with E-state index in [4.69, 9.17) is 9.47 Å². The van der Waals surface area contributed by atoms with Gasteiger partial charge in [-0.2, -0.15) is 0 Å². The second kappa shape index (κ2) is 5.51. The Morgan fingerprint density at radius 2 is 2.17 bits per heavy atom. The molecule has 1 saturated heterocycles. The van der Waals surface area contributed by atoms with Crippen LogP contribution in [0.5, 0.6) is 0 Å². The molecule has 0 aromatic rings. The largest absolute Gasteiger partial charge is 0.375 e. The molecule has 0 amide bonds. The first-order chi connectivity index (χ1) is 5.88. The number of likely N-dealkylation sites (N-methyl/N-ethyl adjacent to an activating group) is 1. The lowest BCUT2D eigenvalue weighted by Gasteiger charge is -2.32. The normalized spacial score (nSPS) is 24.8. The maximum atomic E-state index is 5.58. The standard InChI is InChI=1S/C9H19NO2/c1-3-5-10(4-2)9-8-11-6-7-12-9/h9H,3-8H2,1-2H3. The SMILES string of the molecule is CCCN(CC)C1COCCO1. The van der Waals surface area contributed by atoms with Crippen LogP contribution < -0.4 is 0 Å². The van der Waals surface area contributed by atoms with E-state index >= 15 is 0 Å². The highest BCUT2D eigenvalue weighted by Crippen LogP contribution is 2.07. The fraction of sp³-hybridized carbons (Fsp3) is 1.00. The van der Waals surface area contributed by atoms with E-state index in [9.17, 15) is 0 Å². The van der Waals surface area contributed by atoms with Crippen molar-refractivity contribution in [2.75, 3.05) is 32.9 Å². The van der Waals surface area contributed by atoms with Gasteiger partial charge in [-0.05, 0) is 13.0 Å². The van der Waals surface area contributed by atoms with Crippen molar-refractivity contribution in [3.8, 4) is 0 Å². The third-order valence-corrected chi connectivity index (χ3v) is 2.12. The Labute approximate surface area is 74.6 Å². The summed E-state index contributed by atoms with van der Waals surface area (Å²) in [5.74, 6) is 0. The van der Waals surface area contributed by atoms with Crippen LogP contribution in [0.4, 0.5) is 0 Å². The van der Waals surface area contributed by atoms with E-state index in [0.29, 0.717) is 0 Å². The monoisotopic (exact) mass is 173 g/mol. The van der Waals surface area contributed by atoms with Crippen LogP contribution >= 0.6 is 0 Å². The summed E-state index contributed by atoms with van der Waals surface area (Å²) in [6.45, 7) is 8.71. The molecule has 12 heavy (non-hydrogen) atoms. The van der Waals surface area contributed by atoms with Crippen molar-refractivity contribution in [1.29, 1.82) is 0 Å². The van der Waals surface area contributed by atoms with Gasteiger partial charge in [-0.25, -0.2) is 0 Å². The van der Waals surface area contributed by atoms with Gasteiger partial charge in [-0.3, -0.25) is 4.90 Å². The molecule has 1 atom stereocenters. The maximum Gasteiger partial charge on any atom is 0.134 e. The first-order valence-electron chi connectivity index (χ1n) is 4.81. The Morgan fingerprint density at radius 3 is 2.67 bits per heavy atom. The van der Waals surface area contributed by atoms with Crippen LogP contribution in [0, 0.1) is 0 Å². The molecule has 1 fully saturated rings. The quantitative estimate of drug-likeness (QED) is 0.635. The minimum Gasteiger partial charge on any atom is -0.375 e. The molecule has 3 heteroatoms. The van der Waals surface area contributed by atoms with E-state index in [1.807, 2.05) is 0 Å². The molecule has 0 aliphatic carbocycles. The lowest BCUT2D eigenvalue weighted by atomic mass is 10.3. The van der Waals surface area contributed by atoms with Crippen LogP contribution in [0.2, 0.25) is 0 Å². The first-order valence-corrected chi connectivity index (χ1v) is 4.81. The lowest BCUT2D eigenvalue weighted by Crippen LogP contribution is -2.44. The molecule has 1 aliphatic heterocycles. The van der Waals surface area contributed by atoms with Crippen molar-refractivity contribution in [1.82, 2.24) is 4.90 Å². The van der Waals surface area contributed by atoms with Gasteiger partial charge in [-0.1, -0.05) is 13.8 Å². The van der Waals surface area contributed by atoms with Crippen LogP contribution in [0.1, 0.15) is 20.3 Å². The molecule has 1 rings (SSSR count). The van der Waals surface area contributed by atoms with Crippen molar-refractivity contribution < 1.29 is 9.47 Å². The van der Waals surface area contributed by atoms with Crippen molar-refractivity contribution in [2.45, 2.75) is 26.5 Å². The summed E-state index contributed by atoms with van der Waals surface area (Å²) >= 11 is 0. The molecule has 1 aliphatic rings. The number of nitrogens with zero attached hydrogens (tertiary/aromatic N) is 1. The van der Waals surface area contributed by atoms with Crippen LogP contribution in [0.15, 0.2) is 0 Å². The Hall–Kier alpha value is -0.120. The zero-order valence-electron chi connectivity index (χ0n) is 8.08. The molecule has 0 aromatic heterocycles. The van der Waals surface area contributed by atoms with E-state index in [0.717, 1.165) is 32.9 Å². The van der Waals surface area contributed by atoms with Crippen LogP contribution in [0.3, 0.4) is 0 Å². The third kappa shape index (κ3) is 2.73. The van der Waals surface area contributed by atoms with Gasteiger partial charge < -0.3 is 9.47 Å². The minimum atomic E-state index is 0.198. The second-order valence-corrected chi connectivity index (χ2v) is 3.03. The van der Waals surface area contributed by atoms with Gasteiger partial charge in [0.2, 0.25) is 0 Å². The van der Waals surface area contributed by atoms with Crippen LogP contribution in [-0.2, 0) is 9.47 Å². The molecule has 72 valence electrons. The summed E-state index contributed by atoms with van der Waals surface area (Å²) in [5, 5.41) is 0. The van der Waals surface area contributed by atoms with Crippen molar-refractivity contribution in [2.24, 2.45) is 0 Å². The summed E-state index contributed by atoms with van der Waals surface area (Å²) in [6.07, 6.45) is 1.37. The molecule has 0 spiro atoms. The average molecular weight is 173 g/mol. The van der Waals surface area contributed by atoms with E-state index in [-0.39, 0.29) is 6.23 Å². The number of rotatable bonds is 4. The predicted octanol–water partition coefficient (Wildman–Crippen LogP) is 1.09. The molecular formula is C9H19NO2. The average Bonchev–Trinajstić information content (AvgIpc) is 2.15. The van der Waals surface area contributed by atoms with Gasteiger partial charge in [0.1, 0.15) is 6.23 Å². The van der Waals surface area contributed by atoms with Crippen molar-refractivity contribution >= 4 is 0 Å². The van der Waals surface area contributed by atoms with E-state index in [1.165, 1.54) is 6.42 Å². The van der Waals surface area contributed by atoms with Gasteiger partial charge in [0, 0.05) is 6.54 Å². The van der Waals surface area contributed by atoms with Crippen molar-refractivity contribution in [3.63, 3.8) is 0 Å². The summed E-state index contributed by atoms with van der Waals surface area (Å²) < 4.78 is 10.9. The molecule has 1 unspecified atom stereocenters. The zero-order valence-corrected chi connectivity index (χ0v) is 8.08. The maximum absolute atomic E-state index is 5.58. The zero-order chi connectivity index (χ0) is 8.81. The fourth-order valence-electron chi connectivity index (χ4n) is 1.48. The highest BCUT2D eigenvalue weighted by molar-refractivity contribution is 4.63. The Morgan fingerprint density at radius 1 is 1.33 bits per heavy atom. The Balaban J connectivity index is 2.29. The topological polar surface area (TPSA) is 21.7 Å². The number of hydrogen-bond acceptors (Lipinski definition) is 3. The Kier molecular flexibility index (Phi) is 4.58. The summed E-state index contributed by atoms with van der Waals surface area (Å²) in [7, 11) is 0. The molecule has 0 N–H and O–H groups in total. The summed E-state index contributed by atoms with van der Waals surface area (Å²) in [5.41, 5.74) is 0. The number of ether oxygens (including phenoxy) is 2. The van der Waals surface area contributed by atoms with E-state index < -0.39 is 0 Å². The number of hydrogen-bond donors (Lipinski definition) is 0. The molecular weight excluding hydrogens is 154 g/mol. The van der Waals surface area contributed by atoms with Crippen molar-refractivity contribution in [3.05, 3.63) is 0 Å². The molecule has 0 bridgehead atoms. The molecule has 0 saturated carbocycles. The molecule has 0 radical (unpaired) electrons. The van der Waals surface area contributed by atoms with Crippen LogP contribution in [-0.4, -0.2) is 44.0 Å². The van der Waals surface area contributed by atoms with Gasteiger partial charge >= 0.3 is 0 Å². The van der Waals surface area contributed by atoms with E-state index in [2.05, 4.69) is 18.7 Å². The van der Waals surface area contributed by atoms with Crippen LogP contribution in [0.25, 0.3) is 0 Å². The Bertz CT molecular complexity index is 110.